The van der Waals surface area contributed by atoms with Crippen molar-refractivity contribution in [1.82, 2.24) is 5.32 Å². The average molecular weight is 367 g/mol. The Labute approximate surface area is 148 Å². The second kappa shape index (κ2) is 7.99. The Morgan fingerprint density at radius 2 is 1.80 bits per heavy atom. The number of carboxylic acid groups (broad SMARTS) is 1. The highest BCUT2D eigenvalue weighted by molar-refractivity contribution is 7.92. The highest BCUT2D eigenvalue weighted by Crippen LogP contribution is 2.37. The molecule has 1 aliphatic carbocycles. The van der Waals surface area contributed by atoms with Crippen LogP contribution in [-0.4, -0.2) is 42.4 Å². The van der Waals surface area contributed by atoms with E-state index in [1.807, 2.05) is 30.3 Å². The molecule has 1 saturated carbocycles. The van der Waals surface area contributed by atoms with E-state index in [1.165, 1.54) is 0 Å². The quantitative estimate of drug-likeness (QED) is 0.731. The van der Waals surface area contributed by atoms with Crippen molar-refractivity contribution in [1.29, 1.82) is 0 Å². The molecule has 7 heteroatoms. The van der Waals surface area contributed by atoms with Gasteiger partial charge in [0.15, 0.2) is 9.84 Å². The van der Waals surface area contributed by atoms with E-state index in [0.29, 0.717) is 32.1 Å². The standard InChI is InChI=1S/C18H25NO5S/c1-25(23,24)18(11-5-6-12-18)17(22)19-15(9-10-16(20)21)13-14-7-3-2-4-8-14/h2-4,7-8,15H,5-6,9-13H2,1H3,(H,19,22)(H,20,21). The summed E-state index contributed by atoms with van der Waals surface area (Å²) in [5.41, 5.74) is 0.970. The molecule has 25 heavy (non-hydrogen) atoms. The van der Waals surface area contributed by atoms with Gasteiger partial charge in [-0.1, -0.05) is 43.2 Å². The number of hydrogen-bond acceptors (Lipinski definition) is 4. The molecule has 138 valence electrons. The van der Waals surface area contributed by atoms with Gasteiger partial charge >= 0.3 is 5.97 Å². The maximum atomic E-state index is 12.8. The first kappa shape index (κ1) is 19.4. The Bertz CT molecular complexity index is 708. The number of sulfone groups is 1. The lowest BCUT2D eigenvalue weighted by atomic mass is 9.99. The van der Waals surface area contributed by atoms with E-state index in [1.54, 1.807) is 0 Å². The molecule has 0 radical (unpaired) electrons. The number of carbonyl (C=O) groups is 2. The number of benzene rings is 1. The lowest BCUT2D eigenvalue weighted by Crippen LogP contribution is -2.53. The third kappa shape index (κ3) is 4.81. The molecule has 1 amide bonds. The fourth-order valence-corrected chi connectivity index (χ4v) is 4.88. The van der Waals surface area contributed by atoms with Crippen molar-refractivity contribution in [2.75, 3.05) is 6.26 Å². The van der Waals surface area contributed by atoms with Gasteiger partial charge in [0.05, 0.1) is 0 Å². The highest BCUT2D eigenvalue weighted by Gasteiger charge is 2.50. The third-order valence-corrected chi connectivity index (χ3v) is 6.91. The zero-order valence-electron chi connectivity index (χ0n) is 14.4. The van der Waals surface area contributed by atoms with Crippen molar-refractivity contribution in [2.45, 2.75) is 55.7 Å². The Hall–Kier alpha value is -1.89. The minimum atomic E-state index is -3.54. The van der Waals surface area contributed by atoms with Crippen molar-refractivity contribution < 1.29 is 23.1 Å². The van der Waals surface area contributed by atoms with Crippen LogP contribution in [-0.2, 0) is 25.8 Å². The second-order valence-electron chi connectivity index (χ2n) is 6.77. The molecule has 0 spiro atoms. The zero-order valence-corrected chi connectivity index (χ0v) is 15.2. The van der Waals surface area contributed by atoms with Gasteiger partial charge in [-0.3, -0.25) is 9.59 Å². The van der Waals surface area contributed by atoms with Gasteiger partial charge in [-0.25, -0.2) is 8.42 Å². The molecular weight excluding hydrogens is 342 g/mol. The van der Waals surface area contributed by atoms with E-state index in [4.69, 9.17) is 5.11 Å². The van der Waals surface area contributed by atoms with Crippen LogP contribution in [0.15, 0.2) is 30.3 Å². The lowest BCUT2D eigenvalue weighted by molar-refractivity contribution is -0.137. The highest BCUT2D eigenvalue weighted by atomic mass is 32.2. The molecule has 6 nitrogen and oxygen atoms in total. The second-order valence-corrected chi connectivity index (χ2v) is 9.09. The third-order valence-electron chi connectivity index (χ3n) is 4.90. The fraction of sp³-hybridized carbons (Fsp3) is 0.556. The van der Waals surface area contributed by atoms with Gasteiger partial charge in [0.2, 0.25) is 5.91 Å². The van der Waals surface area contributed by atoms with Crippen molar-refractivity contribution in [3.63, 3.8) is 0 Å². The molecule has 2 rings (SSSR count). The Morgan fingerprint density at radius 1 is 1.20 bits per heavy atom. The molecule has 0 aliphatic heterocycles. The number of hydrogen-bond donors (Lipinski definition) is 2. The predicted molar refractivity (Wildman–Crippen MR) is 95.0 cm³/mol. The van der Waals surface area contributed by atoms with Gasteiger partial charge in [-0.15, -0.1) is 0 Å². The van der Waals surface area contributed by atoms with Crippen LogP contribution in [0.2, 0.25) is 0 Å². The average Bonchev–Trinajstić information content (AvgIpc) is 3.04. The topological polar surface area (TPSA) is 101 Å². The molecular formula is C18H25NO5S. The molecule has 1 aromatic carbocycles. The van der Waals surface area contributed by atoms with Crippen LogP contribution in [0.5, 0.6) is 0 Å². The molecule has 1 aliphatic rings. The van der Waals surface area contributed by atoms with Gasteiger partial charge in [-0.2, -0.15) is 0 Å². The molecule has 0 saturated heterocycles. The van der Waals surface area contributed by atoms with Crippen LogP contribution < -0.4 is 5.32 Å². The first-order valence-electron chi connectivity index (χ1n) is 8.51. The van der Waals surface area contributed by atoms with Gasteiger partial charge < -0.3 is 10.4 Å². The van der Waals surface area contributed by atoms with E-state index < -0.39 is 32.5 Å². The van der Waals surface area contributed by atoms with Crippen LogP contribution in [0.4, 0.5) is 0 Å². The summed E-state index contributed by atoms with van der Waals surface area (Å²) in [6.45, 7) is 0. The number of carbonyl (C=O) groups excluding carboxylic acids is 1. The predicted octanol–water partition coefficient (Wildman–Crippen LogP) is 1.94. The zero-order chi connectivity index (χ0) is 18.5. The summed E-state index contributed by atoms with van der Waals surface area (Å²) < 4.78 is 23.1. The summed E-state index contributed by atoms with van der Waals surface area (Å²) in [5.74, 6) is -1.43. The van der Waals surface area contributed by atoms with Gasteiger partial charge in [-0.05, 0) is 31.2 Å². The largest absolute Gasteiger partial charge is 0.481 e. The van der Waals surface area contributed by atoms with Crippen LogP contribution >= 0.6 is 0 Å². The van der Waals surface area contributed by atoms with Crippen molar-refractivity contribution in [2.24, 2.45) is 0 Å². The monoisotopic (exact) mass is 367 g/mol. The van der Waals surface area contributed by atoms with Crippen molar-refractivity contribution in [3.05, 3.63) is 35.9 Å². The van der Waals surface area contributed by atoms with E-state index in [2.05, 4.69) is 5.32 Å². The van der Waals surface area contributed by atoms with E-state index in [0.717, 1.165) is 11.8 Å². The van der Waals surface area contributed by atoms with Crippen LogP contribution in [0.3, 0.4) is 0 Å². The SMILES string of the molecule is CS(=O)(=O)C1(C(=O)NC(CCC(=O)O)Cc2ccccc2)CCCC1. The van der Waals surface area contributed by atoms with Crippen LogP contribution in [0.1, 0.15) is 44.1 Å². The van der Waals surface area contributed by atoms with E-state index >= 15 is 0 Å². The summed E-state index contributed by atoms with van der Waals surface area (Å²) in [6, 6.07) is 9.03. The maximum Gasteiger partial charge on any atom is 0.303 e. The minimum absolute atomic E-state index is 0.0797. The molecule has 1 aromatic rings. The molecule has 1 atom stereocenters. The van der Waals surface area contributed by atoms with Gasteiger partial charge in [0.25, 0.3) is 0 Å². The van der Waals surface area contributed by atoms with E-state index in [9.17, 15) is 18.0 Å². The smallest absolute Gasteiger partial charge is 0.303 e. The number of rotatable bonds is 8. The summed E-state index contributed by atoms with van der Waals surface area (Å²) in [7, 11) is -3.54. The van der Waals surface area contributed by atoms with Gasteiger partial charge in [0.1, 0.15) is 4.75 Å². The summed E-state index contributed by atoms with van der Waals surface area (Å²) in [5, 5.41) is 11.8. The summed E-state index contributed by atoms with van der Waals surface area (Å²) in [4.78, 5) is 23.7. The van der Waals surface area contributed by atoms with Crippen molar-refractivity contribution >= 4 is 21.7 Å². The normalized spacial score (nSPS) is 17.8. The van der Waals surface area contributed by atoms with Crippen LogP contribution in [0, 0.1) is 0 Å². The number of carboxylic acids is 1. The molecule has 0 heterocycles. The van der Waals surface area contributed by atoms with Crippen molar-refractivity contribution in [3.8, 4) is 0 Å². The Balaban J connectivity index is 2.16. The lowest BCUT2D eigenvalue weighted by Gasteiger charge is -2.29. The number of nitrogens with one attached hydrogen (secondary N) is 1. The Morgan fingerprint density at radius 3 is 2.32 bits per heavy atom. The summed E-state index contributed by atoms with van der Waals surface area (Å²) in [6.07, 6.45) is 3.84. The number of aliphatic carboxylic acids is 1. The number of amides is 1. The molecule has 1 unspecified atom stereocenters. The molecule has 0 bridgehead atoms. The first-order valence-corrected chi connectivity index (χ1v) is 10.4. The Kier molecular flexibility index (Phi) is 6.21. The van der Waals surface area contributed by atoms with Gasteiger partial charge in [0, 0.05) is 18.7 Å². The molecule has 0 aromatic heterocycles. The summed E-state index contributed by atoms with van der Waals surface area (Å²) >= 11 is 0. The minimum Gasteiger partial charge on any atom is -0.481 e. The fourth-order valence-electron chi connectivity index (χ4n) is 3.45. The molecule has 2 N–H and O–H groups in total. The molecule has 1 fully saturated rings. The van der Waals surface area contributed by atoms with Crippen LogP contribution in [0.25, 0.3) is 0 Å². The maximum absolute atomic E-state index is 12.8. The first-order chi connectivity index (χ1) is 11.7. The van der Waals surface area contributed by atoms with E-state index in [-0.39, 0.29) is 12.8 Å².